The Bertz CT molecular complexity index is 483. The SMILES string of the molecule is CCn1c(CN)nnc1SCC(=O)N1CC(C)OC(C)C1. The summed E-state index contributed by atoms with van der Waals surface area (Å²) in [6.07, 6.45) is 0.177. The van der Waals surface area contributed by atoms with Gasteiger partial charge >= 0.3 is 0 Å². The number of morpholine rings is 1. The van der Waals surface area contributed by atoms with Gasteiger partial charge in [-0.25, -0.2) is 0 Å². The molecule has 2 heterocycles. The minimum absolute atomic E-state index is 0.0887. The summed E-state index contributed by atoms with van der Waals surface area (Å²) in [5.74, 6) is 1.23. The summed E-state index contributed by atoms with van der Waals surface area (Å²) in [6, 6.07) is 0. The molecule has 1 saturated heterocycles. The lowest BCUT2D eigenvalue weighted by atomic mass is 10.2. The number of thioether (sulfide) groups is 1. The summed E-state index contributed by atoms with van der Waals surface area (Å²) >= 11 is 1.41. The van der Waals surface area contributed by atoms with Gasteiger partial charge in [0.2, 0.25) is 5.91 Å². The van der Waals surface area contributed by atoms with Gasteiger partial charge in [-0.05, 0) is 20.8 Å². The van der Waals surface area contributed by atoms with Crippen molar-refractivity contribution in [3.63, 3.8) is 0 Å². The first-order valence-electron chi connectivity index (χ1n) is 7.23. The topological polar surface area (TPSA) is 86.3 Å². The number of carbonyl (C=O) groups is 1. The minimum Gasteiger partial charge on any atom is -0.372 e. The second-order valence-electron chi connectivity index (χ2n) is 5.19. The third kappa shape index (κ3) is 3.96. The first-order valence-corrected chi connectivity index (χ1v) is 8.21. The van der Waals surface area contributed by atoms with Crippen molar-refractivity contribution in [3.8, 4) is 0 Å². The molecule has 1 aromatic rings. The number of amides is 1. The van der Waals surface area contributed by atoms with E-state index in [2.05, 4.69) is 10.2 Å². The maximum Gasteiger partial charge on any atom is 0.233 e. The van der Waals surface area contributed by atoms with E-state index in [-0.39, 0.29) is 18.1 Å². The second-order valence-corrected chi connectivity index (χ2v) is 6.13. The van der Waals surface area contributed by atoms with E-state index in [1.165, 1.54) is 11.8 Å². The molecule has 2 atom stereocenters. The van der Waals surface area contributed by atoms with Crippen LogP contribution in [0.25, 0.3) is 0 Å². The highest BCUT2D eigenvalue weighted by molar-refractivity contribution is 7.99. The number of rotatable bonds is 5. The molecule has 118 valence electrons. The predicted octanol–water partition coefficient (Wildman–Crippen LogP) is 0.485. The van der Waals surface area contributed by atoms with Crippen LogP contribution in [-0.4, -0.2) is 56.6 Å². The molecular formula is C13H23N5O2S. The zero-order valence-corrected chi connectivity index (χ0v) is 13.6. The molecule has 2 rings (SSSR count). The van der Waals surface area contributed by atoms with E-state index in [4.69, 9.17) is 10.5 Å². The number of aromatic nitrogens is 3. The largest absolute Gasteiger partial charge is 0.372 e. The van der Waals surface area contributed by atoms with Crippen LogP contribution in [0.4, 0.5) is 0 Å². The summed E-state index contributed by atoms with van der Waals surface area (Å²) in [6.45, 7) is 8.40. The number of hydrogen-bond donors (Lipinski definition) is 1. The van der Waals surface area contributed by atoms with E-state index < -0.39 is 0 Å². The number of nitrogens with two attached hydrogens (primary N) is 1. The van der Waals surface area contributed by atoms with Crippen LogP contribution in [0.3, 0.4) is 0 Å². The van der Waals surface area contributed by atoms with E-state index in [1.54, 1.807) is 0 Å². The smallest absolute Gasteiger partial charge is 0.233 e. The average molecular weight is 313 g/mol. The maximum absolute atomic E-state index is 12.3. The molecule has 1 amide bonds. The van der Waals surface area contributed by atoms with Gasteiger partial charge < -0.3 is 19.9 Å². The molecule has 21 heavy (non-hydrogen) atoms. The summed E-state index contributed by atoms with van der Waals surface area (Å²) in [5, 5.41) is 8.90. The Morgan fingerprint density at radius 1 is 1.38 bits per heavy atom. The molecule has 0 bridgehead atoms. The zero-order valence-electron chi connectivity index (χ0n) is 12.8. The molecular weight excluding hydrogens is 290 g/mol. The number of carbonyl (C=O) groups excluding carboxylic acids is 1. The fraction of sp³-hybridized carbons (Fsp3) is 0.769. The van der Waals surface area contributed by atoms with Crippen molar-refractivity contribution in [1.29, 1.82) is 0 Å². The molecule has 7 nitrogen and oxygen atoms in total. The number of ether oxygens (including phenoxy) is 1. The van der Waals surface area contributed by atoms with Gasteiger partial charge in [-0.1, -0.05) is 11.8 Å². The van der Waals surface area contributed by atoms with Crippen LogP contribution in [0.1, 0.15) is 26.6 Å². The van der Waals surface area contributed by atoms with E-state index >= 15 is 0 Å². The molecule has 1 aromatic heterocycles. The lowest BCUT2D eigenvalue weighted by Crippen LogP contribution is -2.48. The Morgan fingerprint density at radius 2 is 2.05 bits per heavy atom. The maximum atomic E-state index is 12.3. The molecule has 0 saturated carbocycles. The van der Waals surface area contributed by atoms with Gasteiger partial charge in [-0.2, -0.15) is 0 Å². The van der Waals surface area contributed by atoms with Gasteiger partial charge in [0.15, 0.2) is 5.16 Å². The van der Waals surface area contributed by atoms with Gasteiger partial charge in [0, 0.05) is 19.6 Å². The molecule has 0 aliphatic carbocycles. The van der Waals surface area contributed by atoms with Crippen LogP contribution in [0, 0.1) is 0 Å². The van der Waals surface area contributed by atoms with Crippen molar-refractivity contribution in [2.75, 3.05) is 18.8 Å². The third-order valence-corrected chi connectivity index (χ3v) is 4.34. The van der Waals surface area contributed by atoms with Crippen molar-refractivity contribution in [2.24, 2.45) is 5.73 Å². The molecule has 2 unspecified atom stereocenters. The summed E-state index contributed by atoms with van der Waals surface area (Å²) < 4.78 is 7.59. The van der Waals surface area contributed by atoms with Crippen molar-refractivity contribution in [3.05, 3.63) is 5.82 Å². The van der Waals surface area contributed by atoms with Gasteiger partial charge in [0.1, 0.15) is 5.82 Å². The fourth-order valence-corrected chi connectivity index (χ4v) is 3.42. The molecule has 0 aromatic carbocycles. The quantitative estimate of drug-likeness (QED) is 0.796. The standard InChI is InChI=1S/C13H23N5O2S/c1-4-18-11(5-14)15-16-13(18)21-8-12(19)17-6-9(2)20-10(3)7-17/h9-10H,4-8,14H2,1-3H3. The third-order valence-electron chi connectivity index (χ3n) is 3.39. The van der Waals surface area contributed by atoms with Crippen molar-refractivity contribution < 1.29 is 9.53 Å². The van der Waals surface area contributed by atoms with Crippen molar-refractivity contribution >= 4 is 17.7 Å². The molecule has 1 fully saturated rings. The predicted molar refractivity (Wildman–Crippen MR) is 80.9 cm³/mol. The van der Waals surface area contributed by atoms with Crippen molar-refractivity contribution in [2.45, 2.75) is 51.2 Å². The Kier molecular flexibility index (Phi) is 5.60. The molecule has 8 heteroatoms. The molecule has 0 spiro atoms. The number of nitrogens with zero attached hydrogens (tertiary/aromatic N) is 4. The van der Waals surface area contributed by atoms with Gasteiger partial charge in [0.25, 0.3) is 0 Å². The average Bonchev–Trinajstić information content (AvgIpc) is 2.85. The van der Waals surface area contributed by atoms with E-state index in [1.807, 2.05) is 30.2 Å². The van der Waals surface area contributed by atoms with Crippen LogP contribution in [0.5, 0.6) is 0 Å². The fourth-order valence-electron chi connectivity index (χ4n) is 2.49. The number of hydrogen-bond acceptors (Lipinski definition) is 6. The first-order chi connectivity index (χ1) is 10.0. The summed E-state index contributed by atoms with van der Waals surface area (Å²) in [4.78, 5) is 14.2. The summed E-state index contributed by atoms with van der Waals surface area (Å²) in [5.41, 5.74) is 5.62. The molecule has 1 aliphatic rings. The normalized spacial score (nSPS) is 22.6. The monoisotopic (exact) mass is 313 g/mol. The highest BCUT2D eigenvalue weighted by Gasteiger charge is 2.26. The lowest BCUT2D eigenvalue weighted by molar-refractivity contribution is -0.140. The van der Waals surface area contributed by atoms with E-state index in [0.717, 1.165) is 17.5 Å². The molecule has 2 N–H and O–H groups in total. The van der Waals surface area contributed by atoms with E-state index in [0.29, 0.717) is 25.4 Å². The van der Waals surface area contributed by atoms with Crippen molar-refractivity contribution in [1.82, 2.24) is 19.7 Å². The Morgan fingerprint density at radius 3 is 2.62 bits per heavy atom. The molecule has 0 radical (unpaired) electrons. The van der Waals surface area contributed by atoms with Crippen LogP contribution in [-0.2, 0) is 22.6 Å². The van der Waals surface area contributed by atoms with Crippen LogP contribution in [0.15, 0.2) is 5.16 Å². The lowest BCUT2D eigenvalue weighted by Gasteiger charge is -2.35. The van der Waals surface area contributed by atoms with Crippen LogP contribution < -0.4 is 5.73 Å². The van der Waals surface area contributed by atoms with Gasteiger partial charge in [-0.3, -0.25) is 4.79 Å². The van der Waals surface area contributed by atoms with Gasteiger partial charge in [0.05, 0.1) is 24.5 Å². The van der Waals surface area contributed by atoms with Gasteiger partial charge in [-0.15, -0.1) is 10.2 Å². The van der Waals surface area contributed by atoms with E-state index in [9.17, 15) is 4.79 Å². The zero-order chi connectivity index (χ0) is 15.4. The highest BCUT2D eigenvalue weighted by atomic mass is 32.2. The first kappa shape index (κ1) is 16.3. The Hall–Kier alpha value is -1.12. The Balaban J connectivity index is 1.93. The second kappa shape index (κ2) is 7.24. The minimum atomic E-state index is 0.0887. The Labute approximate surface area is 129 Å². The van der Waals surface area contributed by atoms with Crippen LogP contribution in [0.2, 0.25) is 0 Å². The van der Waals surface area contributed by atoms with Crippen LogP contribution >= 0.6 is 11.8 Å². The molecule has 1 aliphatic heterocycles. The summed E-state index contributed by atoms with van der Waals surface area (Å²) in [7, 11) is 0. The highest BCUT2D eigenvalue weighted by Crippen LogP contribution is 2.19.